The number of rotatable bonds is 2. The van der Waals surface area contributed by atoms with Crippen LogP contribution in [0, 0.1) is 5.92 Å². The van der Waals surface area contributed by atoms with Crippen LogP contribution >= 0.6 is 15.9 Å². The van der Waals surface area contributed by atoms with E-state index in [0.717, 1.165) is 17.3 Å². The molecule has 1 amide bonds. The van der Waals surface area contributed by atoms with Gasteiger partial charge in [0.2, 0.25) is 5.91 Å². The minimum atomic E-state index is 0.0989. The summed E-state index contributed by atoms with van der Waals surface area (Å²) in [7, 11) is 0. The lowest BCUT2D eigenvalue weighted by Gasteiger charge is -2.23. The van der Waals surface area contributed by atoms with Crippen LogP contribution in [-0.4, -0.2) is 10.9 Å². The standard InChI is InChI=1S/C10H11BrN2O/c11-8-4-5-12-9(6-8)13-10(14)7-2-1-3-7/h4-7H,1-3H2,(H,12,13,14). The fraction of sp³-hybridized carbons (Fsp3) is 0.400. The summed E-state index contributed by atoms with van der Waals surface area (Å²) in [5.74, 6) is 0.925. The minimum Gasteiger partial charge on any atom is -0.310 e. The lowest BCUT2D eigenvalue weighted by Crippen LogP contribution is -2.28. The summed E-state index contributed by atoms with van der Waals surface area (Å²) in [5, 5.41) is 2.80. The van der Waals surface area contributed by atoms with Gasteiger partial charge in [-0.3, -0.25) is 4.79 Å². The van der Waals surface area contributed by atoms with Crippen molar-refractivity contribution in [2.45, 2.75) is 19.3 Å². The number of aromatic nitrogens is 1. The maximum Gasteiger partial charge on any atom is 0.228 e. The van der Waals surface area contributed by atoms with E-state index < -0.39 is 0 Å². The van der Waals surface area contributed by atoms with Crippen LogP contribution in [0.3, 0.4) is 0 Å². The third-order valence-corrected chi connectivity index (χ3v) is 2.94. The van der Waals surface area contributed by atoms with Crippen LogP contribution in [0.15, 0.2) is 22.8 Å². The van der Waals surface area contributed by atoms with Gasteiger partial charge in [-0.25, -0.2) is 4.98 Å². The predicted molar refractivity (Wildman–Crippen MR) is 57.9 cm³/mol. The first-order chi connectivity index (χ1) is 6.75. The van der Waals surface area contributed by atoms with Crippen molar-refractivity contribution in [2.24, 2.45) is 5.92 Å². The third-order valence-electron chi connectivity index (χ3n) is 2.45. The number of carbonyl (C=O) groups excluding carboxylic acids is 1. The van der Waals surface area contributed by atoms with Crippen molar-refractivity contribution in [3.05, 3.63) is 22.8 Å². The largest absolute Gasteiger partial charge is 0.310 e. The fourth-order valence-electron chi connectivity index (χ4n) is 1.37. The highest BCUT2D eigenvalue weighted by Crippen LogP contribution is 2.27. The summed E-state index contributed by atoms with van der Waals surface area (Å²) in [6.45, 7) is 0. The molecule has 14 heavy (non-hydrogen) atoms. The number of nitrogens with zero attached hydrogens (tertiary/aromatic N) is 1. The van der Waals surface area contributed by atoms with Crippen LogP contribution in [0.1, 0.15) is 19.3 Å². The fourth-order valence-corrected chi connectivity index (χ4v) is 1.71. The number of amides is 1. The second-order valence-electron chi connectivity index (χ2n) is 3.48. The first-order valence-corrected chi connectivity index (χ1v) is 5.47. The SMILES string of the molecule is O=C(Nc1cc(Br)ccn1)C1CCC1. The molecule has 0 aromatic carbocycles. The maximum atomic E-state index is 11.5. The van der Waals surface area contributed by atoms with Gasteiger partial charge < -0.3 is 5.32 Å². The van der Waals surface area contributed by atoms with Crippen molar-refractivity contribution in [2.75, 3.05) is 5.32 Å². The molecule has 0 saturated heterocycles. The second kappa shape index (κ2) is 4.09. The molecule has 2 rings (SSSR count). The summed E-state index contributed by atoms with van der Waals surface area (Å²) in [6, 6.07) is 3.63. The Kier molecular flexibility index (Phi) is 2.82. The summed E-state index contributed by atoms with van der Waals surface area (Å²) in [6.07, 6.45) is 4.87. The zero-order chi connectivity index (χ0) is 9.97. The number of pyridine rings is 1. The molecular weight excluding hydrogens is 244 g/mol. The molecule has 1 aromatic heterocycles. The summed E-state index contributed by atoms with van der Waals surface area (Å²) < 4.78 is 0.927. The van der Waals surface area contributed by atoms with Crippen molar-refractivity contribution < 1.29 is 4.79 Å². The van der Waals surface area contributed by atoms with Crippen LogP contribution in [-0.2, 0) is 4.79 Å². The van der Waals surface area contributed by atoms with Gasteiger partial charge >= 0.3 is 0 Å². The Morgan fingerprint density at radius 1 is 1.57 bits per heavy atom. The molecule has 1 aromatic rings. The molecule has 1 heterocycles. The van der Waals surface area contributed by atoms with Gasteiger partial charge in [-0.2, -0.15) is 0 Å². The summed E-state index contributed by atoms with van der Waals surface area (Å²) >= 11 is 3.33. The highest BCUT2D eigenvalue weighted by Gasteiger charge is 2.25. The van der Waals surface area contributed by atoms with E-state index in [-0.39, 0.29) is 11.8 Å². The lowest BCUT2D eigenvalue weighted by molar-refractivity contribution is -0.122. The van der Waals surface area contributed by atoms with Crippen molar-refractivity contribution in [3.8, 4) is 0 Å². The number of hydrogen-bond acceptors (Lipinski definition) is 2. The highest BCUT2D eigenvalue weighted by atomic mass is 79.9. The Bertz CT molecular complexity index is 350. The molecule has 1 aliphatic rings. The molecule has 74 valence electrons. The van der Waals surface area contributed by atoms with Gasteiger partial charge in [0.25, 0.3) is 0 Å². The zero-order valence-corrected chi connectivity index (χ0v) is 9.25. The van der Waals surface area contributed by atoms with Gasteiger partial charge in [-0.1, -0.05) is 22.4 Å². The van der Waals surface area contributed by atoms with Crippen molar-refractivity contribution >= 4 is 27.7 Å². The van der Waals surface area contributed by atoms with E-state index >= 15 is 0 Å². The van der Waals surface area contributed by atoms with E-state index in [4.69, 9.17) is 0 Å². The Morgan fingerprint density at radius 2 is 2.36 bits per heavy atom. The molecular formula is C10H11BrN2O. The van der Waals surface area contributed by atoms with Gasteiger partial charge in [-0.05, 0) is 25.0 Å². The summed E-state index contributed by atoms with van der Waals surface area (Å²) in [5.41, 5.74) is 0. The third kappa shape index (κ3) is 2.12. The molecule has 4 heteroatoms. The van der Waals surface area contributed by atoms with Crippen LogP contribution < -0.4 is 5.32 Å². The average molecular weight is 255 g/mol. The zero-order valence-electron chi connectivity index (χ0n) is 7.66. The van der Waals surface area contributed by atoms with E-state index in [2.05, 4.69) is 26.2 Å². The number of carbonyl (C=O) groups is 1. The van der Waals surface area contributed by atoms with Crippen LogP contribution in [0.4, 0.5) is 5.82 Å². The van der Waals surface area contributed by atoms with Crippen LogP contribution in [0.2, 0.25) is 0 Å². The average Bonchev–Trinajstić information content (AvgIpc) is 1.99. The highest BCUT2D eigenvalue weighted by molar-refractivity contribution is 9.10. The molecule has 0 aliphatic heterocycles. The minimum absolute atomic E-state index is 0.0989. The van der Waals surface area contributed by atoms with Crippen molar-refractivity contribution in [1.82, 2.24) is 4.98 Å². The molecule has 0 atom stereocenters. The lowest BCUT2D eigenvalue weighted by atomic mass is 9.85. The Labute approximate surface area is 91.0 Å². The van der Waals surface area contributed by atoms with E-state index in [0.29, 0.717) is 5.82 Å². The smallest absolute Gasteiger partial charge is 0.228 e. The quantitative estimate of drug-likeness (QED) is 0.882. The predicted octanol–water partition coefficient (Wildman–Crippen LogP) is 2.58. The molecule has 0 unspecified atom stereocenters. The van der Waals surface area contributed by atoms with E-state index in [1.807, 2.05) is 6.07 Å². The number of halogens is 1. The molecule has 3 nitrogen and oxygen atoms in total. The first-order valence-electron chi connectivity index (χ1n) is 4.68. The number of anilines is 1. The Balaban J connectivity index is 1.99. The monoisotopic (exact) mass is 254 g/mol. The maximum absolute atomic E-state index is 11.5. The number of nitrogens with one attached hydrogen (secondary N) is 1. The molecule has 1 fully saturated rings. The second-order valence-corrected chi connectivity index (χ2v) is 4.39. The molecule has 1 aliphatic carbocycles. The molecule has 0 bridgehead atoms. The summed E-state index contributed by atoms with van der Waals surface area (Å²) in [4.78, 5) is 15.6. The van der Waals surface area contributed by atoms with E-state index in [1.54, 1.807) is 12.3 Å². The molecule has 1 saturated carbocycles. The van der Waals surface area contributed by atoms with E-state index in [1.165, 1.54) is 6.42 Å². The van der Waals surface area contributed by atoms with Crippen LogP contribution in [0.25, 0.3) is 0 Å². The van der Waals surface area contributed by atoms with Gasteiger partial charge in [0.15, 0.2) is 0 Å². The van der Waals surface area contributed by atoms with Gasteiger partial charge in [-0.15, -0.1) is 0 Å². The van der Waals surface area contributed by atoms with Crippen molar-refractivity contribution in [3.63, 3.8) is 0 Å². The van der Waals surface area contributed by atoms with Gasteiger partial charge in [0.05, 0.1) is 0 Å². The Hall–Kier alpha value is -0.900. The topological polar surface area (TPSA) is 42.0 Å². The number of hydrogen-bond donors (Lipinski definition) is 1. The normalized spacial score (nSPS) is 16.1. The van der Waals surface area contributed by atoms with E-state index in [9.17, 15) is 4.79 Å². The molecule has 1 N–H and O–H groups in total. The van der Waals surface area contributed by atoms with Crippen molar-refractivity contribution in [1.29, 1.82) is 0 Å². The van der Waals surface area contributed by atoms with Gasteiger partial charge in [0, 0.05) is 16.6 Å². The molecule has 0 radical (unpaired) electrons. The van der Waals surface area contributed by atoms with Crippen LogP contribution in [0.5, 0.6) is 0 Å². The Morgan fingerprint density at radius 3 is 2.93 bits per heavy atom. The van der Waals surface area contributed by atoms with Gasteiger partial charge in [0.1, 0.15) is 5.82 Å². The first kappa shape index (κ1) is 9.65. The molecule has 0 spiro atoms.